The van der Waals surface area contributed by atoms with Crippen LogP contribution < -0.4 is 5.32 Å². The van der Waals surface area contributed by atoms with E-state index in [1.165, 1.54) is 9.21 Å². The quantitative estimate of drug-likeness (QED) is 0.807. The molecule has 1 atom stereocenters. The molecule has 2 aliphatic rings. The Morgan fingerprint density at radius 1 is 1.50 bits per heavy atom. The van der Waals surface area contributed by atoms with Crippen LogP contribution in [-0.2, 0) is 10.0 Å². The molecule has 130 valence electrons. The molecule has 2 N–H and O–H groups in total. The van der Waals surface area contributed by atoms with E-state index in [9.17, 15) is 18.3 Å². The maximum atomic E-state index is 12.6. The van der Waals surface area contributed by atoms with E-state index in [0.717, 1.165) is 11.3 Å². The molecule has 3 heterocycles. The van der Waals surface area contributed by atoms with Gasteiger partial charge in [0.1, 0.15) is 6.67 Å². The van der Waals surface area contributed by atoms with Gasteiger partial charge < -0.3 is 5.11 Å². The number of urea groups is 1. The summed E-state index contributed by atoms with van der Waals surface area (Å²) in [4.78, 5) is 21.5. The number of rotatable bonds is 3. The van der Waals surface area contributed by atoms with Gasteiger partial charge in [-0.3, -0.25) is 15.2 Å². The van der Waals surface area contributed by atoms with Crippen molar-refractivity contribution in [1.82, 2.24) is 14.2 Å². The first-order valence-corrected chi connectivity index (χ1v) is 9.53. The molecule has 9 nitrogen and oxygen atoms in total. The van der Waals surface area contributed by atoms with Crippen molar-refractivity contribution in [3.8, 4) is 0 Å². The van der Waals surface area contributed by atoms with Gasteiger partial charge in [0.25, 0.3) is 10.0 Å². The smallest absolute Gasteiger partial charge is 0.329 e. The fourth-order valence-corrected chi connectivity index (χ4v) is 5.43. The van der Waals surface area contributed by atoms with E-state index in [4.69, 9.17) is 0 Å². The van der Waals surface area contributed by atoms with Gasteiger partial charge in [-0.15, -0.1) is 0 Å². The second-order valence-electron chi connectivity index (χ2n) is 5.41. The Kier molecular flexibility index (Phi) is 4.67. The molecule has 0 saturated carbocycles. The number of nitrogens with zero attached hydrogens (tertiary/aromatic N) is 4. The molecule has 3 rings (SSSR count). The summed E-state index contributed by atoms with van der Waals surface area (Å²) in [7, 11) is -3.72. The Morgan fingerprint density at radius 2 is 2.29 bits per heavy atom. The van der Waals surface area contributed by atoms with E-state index >= 15 is 0 Å². The van der Waals surface area contributed by atoms with Crippen LogP contribution in [0, 0.1) is 6.92 Å². The van der Waals surface area contributed by atoms with Crippen LogP contribution in [-0.4, -0.2) is 65.8 Å². The van der Waals surface area contributed by atoms with E-state index in [-0.39, 0.29) is 29.1 Å². The lowest BCUT2D eigenvalue weighted by molar-refractivity contribution is 0.189. The van der Waals surface area contributed by atoms with Crippen molar-refractivity contribution < 1.29 is 18.3 Å². The molecule has 1 fully saturated rings. The van der Waals surface area contributed by atoms with Crippen LogP contribution in [0.4, 0.5) is 9.93 Å². The second-order valence-corrected chi connectivity index (χ2v) is 8.54. The molecular formula is C13H17N5O4S2. The average Bonchev–Trinajstić information content (AvgIpc) is 3.15. The number of aliphatic hydroxyl groups is 1. The van der Waals surface area contributed by atoms with Crippen molar-refractivity contribution >= 4 is 38.7 Å². The summed E-state index contributed by atoms with van der Waals surface area (Å²) in [6.07, 6.45) is 4.57. The number of aromatic nitrogens is 1. The molecule has 24 heavy (non-hydrogen) atoms. The number of thiazole rings is 1. The van der Waals surface area contributed by atoms with Gasteiger partial charge in [0.15, 0.2) is 9.34 Å². The molecule has 0 spiro atoms. The number of sulfonamides is 1. The summed E-state index contributed by atoms with van der Waals surface area (Å²) in [6.45, 7) is 2.14. The number of aryl methyl sites for hydroxylation is 1. The lowest BCUT2D eigenvalue weighted by Gasteiger charge is -2.17. The number of aliphatic hydroxyl groups excluding tert-OH is 1. The molecule has 0 aliphatic carbocycles. The number of allylic oxidation sites excluding steroid dienone is 1. The van der Waals surface area contributed by atoms with Gasteiger partial charge in [-0.1, -0.05) is 11.3 Å². The highest BCUT2D eigenvalue weighted by Crippen LogP contribution is 2.31. The predicted octanol–water partition coefficient (Wildman–Crippen LogP) is 0.596. The van der Waals surface area contributed by atoms with Crippen molar-refractivity contribution in [2.75, 3.05) is 25.1 Å². The minimum Gasteiger partial charge on any atom is -0.392 e. The van der Waals surface area contributed by atoms with Crippen LogP contribution >= 0.6 is 11.3 Å². The molecular weight excluding hydrogens is 354 g/mol. The fourth-order valence-electron chi connectivity index (χ4n) is 2.40. The molecule has 2 amide bonds. The molecule has 11 heteroatoms. The first kappa shape index (κ1) is 17.0. The zero-order chi connectivity index (χ0) is 17.3. The van der Waals surface area contributed by atoms with Gasteiger partial charge in [-0.05, 0) is 19.4 Å². The number of hydrogen-bond donors (Lipinski definition) is 2. The highest BCUT2D eigenvalue weighted by atomic mass is 32.2. The van der Waals surface area contributed by atoms with E-state index in [1.807, 2.05) is 0 Å². The maximum Gasteiger partial charge on any atom is 0.329 e. The number of carbonyl (C=O) groups excluding carboxylic acids is 1. The van der Waals surface area contributed by atoms with Crippen LogP contribution in [0.5, 0.6) is 0 Å². The number of amides is 2. The third kappa shape index (κ3) is 3.34. The van der Waals surface area contributed by atoms with Crippen LogP contribution in [0.1, 0.15) is 12.1 Å². The zero-order valence-electron chi connectivity index (χ0n) is 12.9. The predicted molar refractivity (Wildman–Crippen MR) is 89.6 cm³/mol. The largest absolute Gasteiger partial charge is 0.392 e. The van der Waals surface area contributed by atoms with Crippen LogP contribution in [0.3, 0.4) is 0 Å². The molecule has 0 bridgehead atoms. The molecule has 1 unspecified atom stereocenters. The summed E-state index contributed by atoms with van der Waals surface area (Å²) in [5, 5.41) is 12.3. The summed E-state index contributed by atoms with van der Waals surface area (Å²) < 4.78 is 26.6. The number of β-amino-alcohol motifs (C(OH)–C–C–N with tert-alkyl or cyclic N) is 1. The van der Waals surface area contributed by atoms with Gasteiger partial charge in [-0.25, -0.2) is 18.2 Å². The Bertz CT molecular complexity index is 801. The first-order chi connectivity index (χ1) is 11.4. The molecule has 2 aliphatic heterocycles. The fraction of sp³-hybridized carbons (Fsp3) is 0.462. The van der Waals surface area contributed by atoms with E-state index < -0.39 is 22.2 Å². The third-order valence-corrected chi connectivity index (χ3v) is 7.15. The monoisotopic (exact) mass is 371 g/mol. The Hall–Kier alpha value is -1.82. The molecule has 0 aromatic carbocycles. The van der Waals surface area contributed by atoms with Crippen LogP contribution in [0.15, 0.2) is 21.5 Å². The normalized spacial score (nSPS) is 21.4. The van der Waals surface area contributed by atoms with Crippen LogP contribution in [0.25, 0.3) is 0 Å². The topological polar surface area (TPSA) is 115 Å². The van der Waals surface area contributed by atoms with E-state index in [0.29, 0.717) is 12.1 Å². The standard InChI is InChI=1S/C13H17N5O4S2/c1-9-11(24(21,22)18-6-3-10(19)7-18)23-12(15-9)16-13(20)17-5-2-4-14-8-17/h2,4-5,10,19H,3,6-8H2,1H3,(H,15,16,20). The summed E-state index contributed by atoms with van der Waals surface area (Å²) >= 11 is 0.903. The number of aliphatic imine (C=N–C) groups is 1. The van der Waals surface area contributed by atoms with E-state index in [1.54, 1.807) is 25.4 Å². The van der Waals surface area contributed by atoms with Gasteiger partial charge in [0, 0.05) is 25.5 Å². The first-order valence-electron chi connectivity index (χ1n) is 7.28. The average molecular weight is 371 g/mol. The lowest BCUT2D eigenvalue weighted by Crippen LogP contribution is -2.31. The lowest BCUT2D eigenvalue weighted by atomic mass is 10.3. The van der Waals surface area contributed by atoms with E-state index in [2.05, 4.69) is 15.3 Å². The molecule has 1 aromatic rings. The Labute approximate surface area is 143 Å². The van der Waals surface area contributed by atoms with Gasteiger partial charge >= 0.3 is 6.03 Å². The van der Waals surface area contributed by atoms with Gasteiger partial charge in [-0.2, -0.15) is 4.31 Å². The molecule has 1 saturated heterocycles. The van der Waals surface area contributed by atoms with Crippen molar-refractivity contribution in [2.24, 2.45) is 4.99 Å². The molecule has 0 radical (unpaired) electrons. The minimum absolute atomic E-state index is 0.0813. The number of hydrogen-bond acceptors (Lipinski definition) is 7. The van der Waals surface area contributed by atoms with Crippen molar-refractivity contribution in [2.45, 2.75) is 23.7 Å². The van der Waals surface area contributed by atoms with Crippen molar-refractivity contribution in [3.63, 3.8) is 0 Å². The number of anilines is 1. The number of nitrogens with one attached hydrogen (secondary N) is 1. The number of carbonyl (C=O) groups is 1. The van der Waals surface area contributed by atoms with Crippen LogP contribution in [0.2, 0.25) is 0 Å². The minimum atomic E-state index is -3.72. The summed E-state index contributed by atoms with van der Waals surface area (Å²) in [5.41, 5.74) is 0.323. The zero-order valence-corrected chi connectivity index (χ0v) is 14.5. The SMILES string of the molecule is Cc1nc(NC(=O)N2C=CC=NC2)sc1S(=O)(=O)N1CCC(O)C1. The van der Waals surface area contributed by atoms with Gasteiger partial charge in [0.2, 0.25) is 0 Å². The van der Waals surface area contributed by atoms with Crippen molar-refractivity contribution in [3.05, 3.63) is 18.0 Å². The maximum absolute atomic E-state index is 12.6. The summed E-state index contributed by atoms with van der Waals surface area (Å²) in [5.74, 6) is 0. The van der Waals surface area contributed by atoms with Gasteiger partial charge in [0.05, 0.1) is 11.8 Å². The molecule has 1 aromatic heterocycles. The highest BCUT2D eigenvalue weighted by Gasteiger charge is 2.34. The second kappa shape index (κ2) is 6.59. The Morgan fingerprint density at radius 3 is 2.92 bits per heavy atom. The Balaban J connectivity index is 1.76. The van der Waals surface area contributed by atoms with Crippen molar-refractivity contribution in [1.29, 1.82) is 0 Å². The summed E-state index contributed by atoms with van der Waals surface area (Å²) in [6, 6.07) is -0.433. The third-order valence-electron chi connectivity index (χ3n) is 3.62. The highest BCUT2D eigenvalue weighted by molar-refractivity contribution is 7.91.